The molecule has 1 atom stereocenters. The first-order valence-corrected chi connectivity index (χ1v) is 8.19. The third-order valence-electron chi connectivity index (χ3n) is 3.51. The van der Waals surface area contributed by atoms with E-state index in [1.807, 2.05) is 0 Å². The van der Waals surface area contributed by atoms with Crippen molar-refractivity contribution in [3.63, 3.8) is 0 Å². The van der Waals surface area contributed by atoms with Crippen LogP contribution in [0.2, 0.25) is 0 Å². The zero-order valence-electron chi connectivity index (χ0n) is 11.7. The molecule has 0 aromatic heterocycles. The summed E-state index contributed by atoms with van der Waals surface area (Å²) in [5.41, 5.74) is 2.64. The van der Waals surface area contributed by atoms with Crippen molar-refractivity contribution in [1.82, 2.24) is 0 Å². The zero-order chi connectivity index (χ0) is 13.5. The minimum absolute atomic E-state index is 0.269. The topological polar surface area (TPSA) is 9.23 Å². The second-order valence-corrected chi connectivity index (χ2v) is 8.79. The van der Waals surface area contributed by atoms with Gasteiger partial charge >= 0.3 is 0 Å². The summed E-state index contributed by atoms with van der Waals surface area (Å²) in [4.78, 5) is 0. The van der Waals surface area contributed by atoms with Crippen molar-refractivity contribution in [3.05, 3.63) is 48.5 Å². The molecule has 1 heterocycles. The molecule has 2 aromatic carbocycles. The van der Waals surface area contributed by atoms with Crippen LogP contribution in [-0.4, -0.2) is 11.5 Å². The van der Waals surface area contributed by atoms with Gasteiger partial charge in [-0.1, -0.05) is 63.2 Å². The first-order chi connectivity index (χ1) is 9.07. The fourth-order valence-electron chi connectivity index (χ4n) is 2.50. The molecule has 2 heteroatoms. The number of ether oxygens (including phenoxy) is 1. The molecule has 19 heavy (non-hydrogen) atoms. The Kier molecular flexibility index (Phi) is 3.11. The van der Waals surface area contributed by atoms with Gasteiger partial charge in [-0.3, -0.25) is 0 Å². The largest absolute Gasteiger partial charge is 0.488 e. The van der Waals surface area contributed by atoms with Crippen molar-refractivity contribution in [2.45, 2.75) is 25.9 Å². The average Bonchev–Trinajstić information content (AvgIpc) is 2.83. The zero-order valence-corrected chi connectivity index (χ0v) is 12.6. The van der Waals surface area contributed by atoms with E-state index in [4.69, 9.17) is 4.74 Å². The Morgan fingerprint density at radius 2 is 1.68 bits per heavy atom. The van der Waals surface area contributed by atoms with Gasteiger partial charge < -0.3 is 4.74 Å². The molecule has 1 nitrogen and oxygen atoms in total. The van der Waals surface area contributed by atoms with E-state index in [9.17, 15) is 0 Å². The molecular weight excluding hydrogens is 251 g/mol. The first-order valence-electron chi connectivity index (χ1n) is 6.66. The van der Waals surface area contributed by atoms with Gasteiger partial charge in [0.05, 0.1) is 0 Å². The summed E-state index contributed by atoms with van der Waals surface area (Å²) >= 11 is 0. The summed E-state index contributed by atoms with van der Waals surface area (Å²) in [7, 11) is -0.269. The van der Waals surface area contributed by atoms with Gasteiger partial charge in [0.15, 0.2) is 0 Å². The lowest BCUT2D eigenvalue weighted by atomic mass is 10.1. The first kappa shape index (κ1) is 12.7. The minimum atomic E-state index is -0.269. The maximum absolute atomic E-state index is 5.93. The molecule has 0 saturated carbocycles. The van der Waals surface area contributed by atoms with Gasteiger partial charge in [0, 0.05) is 5.30 Å². The van der Waals surface area contributed by atoms with Crippen LogP contribution in [0.5, 0.6) is 5.75 Å². The molecule has 1 aliphatic rings. The van der Waals surface area contributed by atoms with Crippen molar-refractivity contribution in [3.8, 4) is 16.9 Å². The molecule has 0 spiro atoms. The molecule has 0 saturated heterocycles. The second kappa shape index (κ2) is 4.65. The van der Waals surface area contributed by atoms with Crippen molar-refractivity contribution in [2.24, 2.45) is 0 Å². The molecule has 0 bridgehead atoms. The lowest BCUT2D eigenvalue weighted by Gasteiger charge is -2.27. The number of fused-ring (bicyclic) bond motifs is 1. The van der Waals surface area contributed by atoms with Crippen LogP contribution in [0.3, 0.4) is 0 Å². The highest BCUT2D eigenvalue weighted by Crippen LogP contribution is 2.55. The van der Waals surface area contributed by atoms with Gasteiger partial charge in [-0.15, -0.1) is 0 Å². The molecule has 0 radical (unpaired) electrons. The van der Waals surface area contributed by atoms with E-state index in [1.54, 1.807) is 0 Å². The number of hydrogen-bond acceptors (Lipinski definition) is 1. The number of rotatable bonds is 1. The van der Waals surface area contributed by atoms with E-state index in [2.05, 4.69) is 69.3 Å². The van der Waals surface area contributed by atoms with Gasteiger partial charge in [0.2, 0.25) is 0 Å². The lowest BCUT2D eigenvalue weighted by molar-refractivity contribution is 0.400. The molecule has 3 rings (SSSR count). The fourth-order valence-corrected chi connectivity index (χ4v) is 4.85. The van der Waals surface area contributed by atoms with E-state index in [0.717, 1.165) is 12.1 Å². The van der Waals surface area contributed by atoms with Gasteiger partial charge in [-0.05, 0) is 30.3 Å². The van der Waals surface area contributed by atoms with E-state index >= 15 is 0 Å². The predicted molar refractivity (Wildman–Crippen MR) is 83.7 cm³/mol. The van der Waals surface area contributed by atoms with Crippen molar-refractivity contribution >= 4 is 13.2 Å². The monoisotopic (exact) mass is 270 g/mol. The Morgan fingerprint density at radius 3 is 2.37 bits per heavy atom. The van der Waals surface area contributed by atoms with Crippen LogP contribution in [-0.2, 0) is 0 Å². The molecular formula is C17H19OP. The predicted octanol–water partition coefficient (Wildman–Crippen LogP) is 4.61. The van der Waals surface area contributed by atoms with E-state index in [1.165, 1.54) is 16.4 Å². The Balaban J connectivity index is 2.17. The summed E-state index contributed by atoms with van der Waals surface area (Å²) in [6.07, 6.45) is 0.859. The third-order valence-corrected chi connectivity index (χ3v) is 6.52. The second-order valence-electron chi connectivity index (χ2n) is 5.89. The van der Waals surface area contributed by atoms with Crippen LogP contribution < -0.4 is 10.0 Å². The van der Waals surface area contributed by atoms with E-state index in [-0.39, 0.29) is 13.1 Å². The highest BCUT2D eigenvalue weighted by atomic mass is 31.1. The molecule has 2 aromatic rings. The van der Waals surface area contributed by atoms with Crippen molar-refractivity contribution in [1.29, 1.82) is 0 Å². The molecule has 98 valence electrons. The van der Waals surface area contributed by atoms with Gasteiger partial charge in [0.1, 0.15) is 12.1 Å². The summed E-state index contributed by atoms with van der Waals surface area (Å²) in [6, 6.07) is 17.1. The Bertz CT molecular complexity index is 584. The van der Waals surface area contributed by atoms with Gasteiger partial charge in [-0.2, -0.15) is 0 Å². The number of benzene rings is 2. The van der Waals surface area contributed by atoms with E-state index in [0.29, 0.717) is 0 Å². The van der Waals surface area contributed by atoms with Crippen LogP contribution in [0.25, 0.3) is 11.1 Å². The molecule has 0 aliphatic carbocycles. The highest BCUT2D eigenvalue weighted by Gasteiger charge is 2.35. The maximum Gasteiger partial charge on any atom is 0.128 e. The molecule has 0 N–H and O–H groups in total. The fraction of sp³-hybridized carbons (Fsp3) is 0.294. The SMILES string of the molecule is CC(C)(C)[P@]1COc2cccc(-c3ccccc3)c21. The Hall–Kier alpha value is -1.33. The van der Waals surface area contributed by atoms with Crippen molar-refractivity contribution in [2.75, 3.05) is 6.35 Å². The summed E-state index contributed by atoms with van der Waals surface area (Å²) in [6.45, 7) is 6.96. The molecule has 0 fully saturated rings. The Morgan fingerprint density at radius 1 is 0.947 bits per heavy atom. The normalized spacial score (nSPS) is 17.9. The highest BCUT2D eigenvalue weighted by molar-refractivity contribution is 7.67. The smallest absolute Gasteiger partial charge is 0.128 e. The average molecular weight is 270 g/mol. The standard InChI is InChI=1S/C17H19OP/c1-17(2,3)19-12-18-15-11-7-10-14(16(15)19)13-8-5-4-6-9-13/h4-11H,12H2,1-3H3/t19-/m1/s1. The summed E-state index contributed by atoms with van der Waals surface area (Å²) < 4.78 is 5.93. The van der Waals surface area contributed by atoms with Gasteiger partial charge in [0.25, 0.3) is 0 Å². The lowest BCUT2D eigenvalue weighted by Crippen LogP contribution is -2.19. The van der Waals surface area contributed by atoms with Crippen LogP contribution in [0.4, 0.5) is 0 Å². The van der Waals surface area contributed by atoms with Crippen molar-refractivity contribution < 1.29 is 4.74 Å². The van der Waals surface area contributed by atoms with Crippen LogP contribution >= 0.6 is 7.92 Å². The van der Waals surface area contributed by atoms with E-state index < -0.39 is 0 Å². The van der Waals surface area contributed by atoms with Crippen LogP contribution in [0, 0.1) is 0 Å². The number of hydrogen-bond donors (Lipinski definition) is 0. The quantitative estimate of drug-likeness (QED) is 0.688. The summed E-state index contributed by atoms with van der Waals surface area (Å²) in [5, 5.41) is 1.72. The maximum atomic E-state index is 5.93. The third kappa shape index (κ3) is 2.28. The van der Waals surface area contributed by atoms with Crippen LogP contribution in [0.1, 0.15) is 20.8 Å². The minimum Gasteiger partial charge on any atom is -0.488 e. The molecule has 1 aliphatic heterocycles. The van der Waals surface area contributed by atoms with Gasteiger partial charge in [-0.25, -0.2) is 0 Å². The molecule has 0 unspecified atom stereocenters. The molecule has 0 amide bonds. The Labute approximate surface area is 116 Å². The van der Waals surface area contributed by atoms with Crippen LogP contribution in [0.15, 0.2) is 48.5 Å². The summed E-state index contributed by atoms with van der Waals surface area (Å²) in [5.74, 6) is 1.09.